The van der Waals surface area contributed by atoms with Gasteiger partial charge in [-0.15, -0.1) is 5.10 Å². The van der Waals surface area contributed by atoms with Crippen LogP contribution in [-0.4, -0.2) is 22.8 Å². The second-order valence-corrected chi connectivity index (χ2v) is 5.46. The minimum Gasteiger partial charge on any atom is -0.245 e. The molecule has 2 rings (SSSR count). The van der Waals surface area contributed by atoms with Gasteiger partial charge in [0.05, 0.1) is 10.7 Å². The van der Waals surface area contributed by atoms with Gasteiger partial charge in [-0.2, -0.15) is 26.7 Å². The van der Waals surface area contributed by atoms with Crippen LogP contribution in [0, 0.1) is 18.6 Å². The normalized spacial score (nSPS) is 10.4. The highest BCUT2D eigenvalue weighted by atomic mass is 35.5. The van der Waals surface area contributed by atoms with Crippen molar-refractivity contribution in [2.45, 2.75) is 20.4 Å². The number of aromatic nitrogens is 3. The zero-order valence-electron chi connectivity index (χ0n) is 11.7. The van der Waals surface area contributed by atoms with Gasteiger partial charge in [0.2, 0.25) is 0 Å². The van der Waals surface area contributed by atoms with Gasteiger partial charge in [-0.3, -0.25) is 0 Å². The Kier molecular flexibility index (Phi) is 6.42. The molecule has 0 saturated heterocycles. The summed E-state index contributed by atoms with van der Waals surface area (Å²) in [5, 5.41) is 4.38. The molecule has 0 saturated carbocycles. The van der Waals surface area contributed by atoms with Crippen molar-refractivity contribution in [3.8, 4) is 5.69 Å². The molecule has 1 N–H and O–H groups in total. The van der Waals surface area contributed by atoms with E-state index in [9.17, 15) is 13.6 Å². The van der Waals surface area contributed by atoms with Gasteiger partial charge in [0, 0.05) is 5.02 Å². The predicted molar refractivity (Wildman–Crippen MR) is 80.2 cm³/mol. The first-order chi connectivity index (χ1) is 10.6. The minimum absolute atomic E-state index is 0.0938. The summed E-state index contributed by atoms with van der Waals surface area (Å²) in [7, 11) is -2.61. The zero-order valence-corrected chi connectivity index (χ0v) is 14.0. The Bertz CT molecular complexity index is 887. The third kappa shape index (κ3) is 4.60. The van der Waals surface area contributed by atoms with Crippen molar-refractivity contribution in [3.63, 3.8) is 0 Å². The molecular weight excluding hydrogens is 377 g/mol. The summed E-state index contributed by atoms with van der Waals surface area (Å²) in [4.78, 5) is 11.9. The molecule has 0 spiro atoms. The molecule has 1 aromatic carbocycles. The summed E-state index contributed by atoms with van der Waals surface area (Å²) >= 11 is 11.9. The number of hydrogen-bond donors (Lipinski definition) is 1. The molecule has 2 aromatic rings. The van der Waals surface area contributed by atoms with Gasteiger partial charge in [0.1, 0.15) is 5.82 Å². The van der Waals surface area contributed by atoms with Crippen LogP contribution < -0.4 is 5.69 Å². The van der Waals surface area contributed by atoms with E-state index >= 15 is 0 Å². The van der Waals surface area contributed by atoms with E-state index < -0.39 is 22.7 Å². The number of halogens is 4. The van der Waals surface area contributed by atoms with Crippen LogP contribution in [0.25, 0.3) is 5.69 Å². The summed E-state index contributed by atoms with van der Waals surface area (Å²) in [6.45, 7) is 0.0821. The fraction of sp³-hybridized carbons (Fsp3) is 0.273. The van der Waals surface area contributed by atoms with E-state index in [2.05, 4.69) is 5.10 Å². The lowest BCUT2D eigenvalue weighted by Gasteiger charge is -2.06. The third-order valence-electron chi connectivity index (χ3n) is 2.63. The lowest BCUT2D eigenvalue weighted by molar-refractivity contribution is 0.0640. The fourth-order valence-electron chi connectivity index (χ4n) is 1.66. The maximum atomic E-state index is 12.7. The fourth-order valence-corrected chi connectivity index (χ4v) is 2.13. The van der Waals surface area contributed by atoms with Gasteiger partial charge in [0.15, 0.2) is 0 Å². The molecule has 23 heavy (non-hydrogen) atoms. The molecule has 1 aromatic heterocycles. The molecule has 0 atom stereocenters. The number of aryl methyl sites for hydroxylation is 2. The predicted octanol–water partition coefficient (Wildman–Crippen LogP) is 2.98. The van der Waals surface area contributed by atoms with Crippen LogP contribution in [0.4, 0.5) is 8.78 Å². The first-order valence-corrected chi connectivity index (χ1v) is 7.62. The van der Waals surface area contributed by atoms with Gasteiger partial charge in [0.25, 0.3) is 0 Å². The average Bonchev–Trinajstić information content (AvgIpc) is 2.68. The quantitative estimate of drug-likeness (QED) is 0.857. The molecule has 0 aliphatic carbocycles. The molecule has 0 radical (unpaired) electrons. The number of benzene rings is 1. The van der Waals surface area contributed by atoms with E-state index in [1.165, 1.54) is 19.1 Å². The van der Waals surface area contributed by atoms with Crippen molar-refractivity contribution in [2.24, 2.45) is 0 Å². The lowest BCUT2D eigenvalue weighted by atomic mass is 10.2. The van der Waals surface area contributed by atoms with Crippen molar-refractivity contribution in [1.29, 1.82) is 4.78 Å². The van der Waals surface area contributed by atoms with Crippen LogP contribution in [0.1, 0.15) is 17.9 Å². The molecule has 0 bridgehead atoms. The maximum Gasteiger partial charge on any atom is 0.355 e. The minimum atomic E-state index is -2.95. The SMILES string of the molecule is Cc1cc(-n2nc(C)n(C(F)F)c2=O)c(Cl)cc1Cl.N=S(=O)=O. The first-order valence-electron chi connectivity index (χ1n) is 5.79. The van der Waals surface area contributed by atoms with E-state index in [0.717, 1.165) is 4.68 Å². The number of alkyl halides is 2. The molecule has 1 heterocycles. The highest BCUT2D eigenvalue weighted by molar-refractivity contribution is 7.60. The Morgan fingerprint density at radius 2 is 1.74 bits per heavy atom. The van der Waals surface area contributed by atoms with Crippen molar-refractivity contribution in [2.75, 3.05) is 0 Å². The van der Waals surface area contributed by atoms with Crippen LogP contribution >= 0.6 is 23.2 Å². The smallest absolute Gasteiger partial charge is 0.245 e. The molecule has 0 amide bonds. The maximum absolute atomic E-state index is 12.7. The van der Waals surface area contributed by atoms with E-state index in [-0.39, 0.29) is 16.5 Å². The summed E-state index contributed by atoms with van der Waals surface area (Å²) in [6, 6.07) is 2.96. The Balaban J connectivity index is 0.000000593. The molecular formula is C11H10Cl2F2N4O3S. The van der Waals surface area contributed by atoms with Crippen molar-refractivity contribution >= 4 is 33.7 Å². The molecule has 0 fully saturated rings. The monoisotopic (exact) mass is 386 g/mol. The lowest BCUT2D eigenvalue weighted by Crippen LogP contribution is -2.25. The van der Waals surface area contributed by atoms with Crippen LogP contribution in [-0.2, 0) is 10.5 Å². The van der Waals surface area contributed by atoms with Gasteiger partial charge in [-0.25, -0.2) is 9.36 Å². The number of rotatable bonds is 2. The molecule has 0 unspecified atom stereocenters. The molecule has 0 aliphatic heterocycles. The van der Waals surface area contributed by atoms with Crippen molar-refractivity contribution < 1.29 is 17.2 Å². The number of nitrogens with one attached hydrogen (secondary N) is 1. The Labute approximate surface area is 140 Å². The third-order valence-corrected chi connectivity index (χ3v) is 3.34. The standard InChI is InChI=1S/C11H9Cl2F2N3O.HNO2S/c1-5-3-9(8(13)4-7(5)12)18-11(19)17(10(14)15)6(2)16-18;1-4(2)3/h3-4,10H,1-2H3;1H. The molecule has 126 valence electrons. The van der Waals surface area contributed by atoms with Crippen molar-refractivity contribution in [3.05, 3.63) is 44.1 Å². The van der Waals surface area contributed by atoms with Gasteiger partial charge < -0.3 is 0 Å². The summed E-state index contributed by atoms with van der Waals surface area (Å²) < 4.78 is 49.4. The van der Waals surface area contributed by atoms with Crippen LogP contribution in [0.2, 0.25) is 10.0 Å². The Morgan fingerprint density at radius 1 is 1.22 bits per heavy atom. The van der Waals surface area contributed by atoms with Crippen LogP contribution in [0.15, 0.2) is 16.9 Å². The molecule has 12 heteroatoms. The van der Waals surface area contributed by atoms with E-state index in [1.54, 1.807) is 6.92 Å². The van der Waals surface area contributed by atoms with Gasteiger partial charge in [-0.1, -0.05) is 23.2 Å². The van der Waals surface area contributed by atoms with E-state index in [1.807, 2.05) is 0 Å². The van der Waals surface area contributed by atoms with E-state index in [0.29, 0.717) is 15.2 Å². The topological polar surface area (TPSA) is 97.8 Å². The van der Waals surface area contributed by atoms with Crippen LogP contribution in [0.5, 0.6) is 0 Å². The second-order valence-electron chi connectivity index (χ2n) is 4.18. The van der Waals surface area contributed by atoms with Crippen LogP contribution in [0.3, 0.4) is 0 Å². The molecule has 7 nitrogen and oxygen atoms in total. The largest absolute Gasteiger partial charge is 0.355 e. The van der Waals surface area contributed by atoms with Gasteiger partial charge >= 0.3 is 22.7 Å². The van der Waals surface area contributed by atoms with E-state index in [4.69, 9.17) is 36.4 Å². The second kappa shape index (κ2) is 7.66. The Hall–Kier alpha value is -1.78. The highest BCUT2D eigenvalue weighted by Crippen LogP contribution is 2.26. The first kappa shape index (κ1) is 19.3. The number of nitrogens with zero attached hydrogens (tertiary/aromatic N) is 3. The zero-order chi connectivity index (χ0) is 17.9. The highest BCUT2D eigenvalue weighted by Gasteiger charge is 2.19. The summed E-state index contributed by atoms with van der Waals surface area (Å²) in [6.07, 6.45) is 0. The Morgan fingerprint density at radius 3 is 2.17 bits per heavy atom. The average molecular weight is 387 g/mol. The summed E-state index contributed by atoms with van der Waals surface area (Å²) in [5.74, 6) is -0.0938. The molecule has 0 aliphatic rings. The van der Waals surface area contributed by atoms with Crippen molar-refractivity contribution in [1.82, 2.24) is 14.3 Å². The summed E-state index contributed by atoms with van der Waals surface area (Å²) in [5.41, 5.74) is -0.0654. The van der Waals surface area contributed by atoms with Gasteiger partial charge in [-0.05, 0) is 31.5 Å². The number of hydrogen-bond acceptors (Lipinski definition) is 5.